The molecule has 42 heavy (non-hydrogen) atoms. The van der Waals surface area contributed by atoms with Crippen molar-refractivity contribution in [2.45, 2.75) is 0 Å². The van der Waals surface area contributed by atoms with Crippen molar-refractivity contribution in [3.05, 3.63) is 128 Å². The molecule has 6 aromatic carbocycles. The number of nitrogens with one attached hydrogen (secondary N) is 1. The Bertz CT molecular complexity index is 2190. The Morgan fingerprint density at radius 1 is 0.571 bits per heavy atom. The Morgan fingerprint density at radius 2 is 1.12 bits per heavy atom. The Labute approximate surface area is 254 Å². The average Bonchev–Trinajstić information content (AvgIpc) is 3.59. The van der Waals surface area contributed by atoms with E-state index in [4.69, 9.17) is 0 Å². The first kappa shape index (κ1) is 27.4. The van der Waals surface area contributed by atoms with Gasteiger partial charge in [-0.1, -0.05) is 120 Å². The molecule has 0 aliphatic heterocycles. The van der Waals surface area contributed by atoms with Crippen LogP contribution in [0.5, 0.6) is 11.5 Å². The zero-order valence-corrected chi connectivity index (χ0v) is 24.2. The molecule has 7 heteroatoms. The first-order valence-corrected chi connectivity index (χ1v) is 14.8. The fourth-order valence-corrected chi connectivity index (χ4v) is 7.25. The van der Waals surface area contributed by atoms with Gasteiger partial charge in [0.1, 0.15) is 10.2 Å². The largest absolute Gasteiger partial charge is 2.00 e. The number of para-hydroxylation sites is 2. The summed E-state index contributed by atoms with van der Waals surface area (Å²) in [5.74, 6) is 0.156. The van der Waals surface area contributed by atoms with Gasteiger partial charge in [-0.3, -0.25) is 0 Å². The van der Waals surface area contributed by atoms with Gasteiger partial charge in [0.2, 0.25) is 5.52 Å². The van der Waals surface area contributed by atoms with Gasteiger partial charge in [0, 0.05) is 17.8 Å². The van der Waals surface area contributed by atoms with E-state index in [1.54, 1.807) is 22.7 Å². The molecule has 0 bridgehead atoms. The third-order valence-electron chi connectivity index (χ3n) is 7.19. The predicted molar refractivity (Wildman–Crippen MR) is 172 cm³/mol. The van der Waals surface area contributed by atoms with Crippen molar-refractivity contribution in [2.75, 3.05) is 0 Å². The van der Waals surface area contributed by atoms with Crippen LogP contribution in [0.2, 0.25) is 0 Å². The zero-order chi connectivity index (χ0) is 27.9. The van der Waals surface area contributed by atoms with Crippen LogP contribution in [-0.2, 0) is 0 Å². The van der Waals surface area contributed by atoms with Crippen LogP contribution in [0.25, 0.3) is 63.1 Å². The molecular formula is C35H23BeN2O2S2+. The van der Waals surface area contributed by atoms with Gasteiger partial charge in [-0.2, -0.15) is 4.98 Å². The summed E-state index contributed by atoms with van der Waals surface area (Å²) in [6, 6.07) is 39.4. The van der Waals surface area contributed by atoms with Crippen LogP contribution < -0.4 is 19.8 Å². The summed E-state index contributed by atoms with van der Waals surface area (Å²) in [5, 5.41) is 30.6. The molecule has 0 fully saturated rings. The molecule has 2 aromatic heterocycles. The van der Waals surface area contributed by atoms with Gasteiger partial charge in [0.25, 0.3) is 5.01 Å². The van der Waals surface area contributed by atoms with Crippen LogP contribution in [0.4, 0.5) is 0 Å². The van der Waals surface area contributed by atoms with E-state index in [1.165, 1.54) is 0 Å². The molecule has 0 aliphatic rings. The molecule has 0 aliphatic carbocycles. The van der Waals surface area contributed by atoms with Crippen LogP contribution in [0.15, 0.2) is 121 Å². The molecule has 0 spiro atoms. The number of hydrogen-bond acceptors (Lipinski definition) is 4. The minimum atomic E-state index is 0. The van der Waals surface area contributed by atoms with Gasteiger partial charge in [-0.15, -0.1) is 11.3 Å². The van der Waals surface area contributed by atoms with E-state index in [-0.39, 0.29) is 21.6 Å². The third kappa shape index (κ3) is 4.76. The molecule has 8 aromatic rings. The number of fused-ring (bicyclic) bond motifs is 4. The number of thiazole rings is 2. The summed E-state index contributed by atoms with van der Waals surface area (Å²) < 4.78 is 4.15. The molecule has 0 radical (unpaired) electrons. The number of nitrogens with zero attached hydrogens (tertiary/aromatic N) is 1. The molecule has 0 saturated carbocycles. The van der Waals surface area contributed by atoms with E-state index in [1.807, 2.05) is 114 Å². The second-order valence-electron chi connectivity index (χ2n) is 9.68. The normalized spacial score (nSPS) is 11.0. The molecule has 1 N–H and O–H groups in total. The minimum Gasteiger partial charge on any atom is -0.872 e. The monoisotopic (exact) mass is 576 g/mol. The van der Waals surface area contributed by atoms with Crippen LogP contribution in [0, 0.1) is 7.05 Å². The average molecular weight is 577 g/mol. The second kappa shape index (κ2) is 11.3. The number of benzene rings is 6. The zero-order valence-electron chi connectivity index (χ0n) is 22.5. The quantitative estimate of drug-likeness (QED) is 0.127. The summed E-state index contributed by atoms with van der Waals surface area (Å²) in [5.41, 5.74) is 3.57. The number of hydrogen-bond donors (Lipinski definition) is 0. The first-order chi connectivity index (χ1) is 20.1. The number of rotatable bonds is 2. The Hall–Kier alpha value is -4.74. The molecule has 0 atom stereocenters. The molecule has 198 valence electrons. The fraction of sp³-hybridized carbons (Fsp3) is 0. The molecule has 8 rings (SSSR count). The van der Waals surface area contributed by atoms with E-state index in [2.05, 4.69) is 24.2 Å². The number of H-pyrrole nitrogens is 1. The van der Waals surface area contributed by atoms with E-state index in [0.29, 0.717) is 5.56 Å². The molecule has 0 saturated heterocycles. The first-order valence-electron chi connectivity index (χ1n) is 13.1. The molecular weight excluding hydrogens is 554 g/mol. The number of aromatic amines is 1. The van der Waals surface area contributed by atoms with Crippen molar-refractivity contribution in [2.24, 2.45) is 0 Å². The van der Waals surface area contributed by atoms with Gasteiger partial charge < -0.3 is 14.8 Å². The van der Waals surface area contributed by atoms with Crippen molar-refractivity contribution in [3.63, 3.8) is 0 Å². The summed E-state index contributed by atoms with van der Waals surface area (Å²) in [4.78, 5) is 3.34. The standard InChI is InChI=1S/C18H13NOS.C17H11NOS.Be/c1-19-15-8-4-5-9-16(15)21-18(19)14-11-10-12-6-2-3-7-13(12)17(14)20;19-16-12-6-2-1-5-11(12)9-10-13(16)17-18-14-7-3-4-8-15(14)20-17;/h2-11,20H,1H2;1-10,19H;/q;;+2/p-1. The van der Waals surface area contributed by atoms with E-state index in [0.717, 1.165) is 57.6 Å². The topological polar surface area (TPSA) is 64.1 Å². The van der Waals surface area contributed by atoms with Crippen molar-refractivity contribution in [1.29, 1.82) is 0 Å². The SMILES string of the molecule is [Be+2].[CH2-][n+]1c(-c2ccc3ccccc3c2[O-])sc2ccccc21.[O-]c1c(-c2[nH+]c3ccccc3s2)ccc2ccccc12. The summed E-state index contributed by atoms with van der Waals surface area (Å²) >= 11 is 3.22. The smallest absolute Gasteiger partial charge is 0.872 e. The summed E-state index contributed by atoms with van der Waals surface area (Å²) in [6.07, 6.45) is 0. The Morgan fingerprint density at radius 3 is 1.79 bits per heavy atom. The second-order valence-corrected chi connectivity index (χ2v) is 11.8. The van der Waals surface area contributed by atoms with E-state index < -0.39 is 0 Å². The van der Waals surface area contributed by atoms with Gasteiger partial charge in [-0.05, 0) is 45.3 Å². The molecule has 0 amide bonds. The van der Waals surface area contributed by atoms with Crippen molar-refractivity contribution < 1.29 is 19.8 Å². The maximum Gasteiger partial charge on any atom is 2.00 e. The van der Waals surface area contributed by atoms with Crippen LogP contribution >= 0.6 is 22.7 Å². The maximum absolute atomic E-state index is 12.7. The van der Waals surface area contributed by atoms with Crippen LogP contribution in [-0.4, -0.2) is 10.1 Å². The predicted octanol–water partition coefficient (Wildman–Crippen LogP) is 6.95. The summed E-state index contributed by atoms with van der Waals surface area (Å²) in [7, 11) is 4.09. The van der Waals surface area contributed by atoms with Crippen molar-refractivity contribution in [1.82, 2.24) is 0 Å². The third-order valence-corrected chi connectivity index (χ3v) is 9.49. The number of aromatic nitrogens is 2. The molecule has 4 nitrogen and oxygen atoms in total. The van der Waals surface area contributed by atoms with Gasteiger partial charge in [-0.25, -0.2) is 0 Å². The van der Waals surface area contributed by atoms with Gasteiger partial charge in [0.15, 0.2) is 5.01 Å². The van der Waals surface area contributed by atoms with Crippen LogP contribution in [0.3, 0.4) is 0 Å². The van der Waals surface area contributed by atoms with Gasteiger partial charge >= 0.3 is 10.1 Å². The van der Waals surface area contributed by atoms with Gasteiger partial charge in [0.05, 0.1) is 5.56 Å². The Kier molecular flexibility index (Phi) is 7.36. The fourth-order valence-electron chi connectivity index (χ4n) is 5.11. The molecule has 2 heterocycles. The molecule has 0 unspecified atom stereocenters. The van der Waals surface area contributed by atoms with E-state index >= 15 is 0 Å². The van der Waals surface area contributed by atoms with Crippen LogP contribution in [0.1, 0.15) is 0 Å². The van der Waals surface area contributed by atoms with Crippen molar-refractivity contribution >= 4 is 74.8 Å². The Balaban J connectivity index is 0.000000147. The summed E-state index contributed by atoms with van der Waals surface area (Å²) in [6.45, 7) is 0. The van der Waals surface area contributed by atoms with E-state index in [9.17, 15) is 10.2 Å². The van der Waals surface area contributed by atoms with Crippen molar-refractivity contribution in [3.8, 4) is 32.6 Å². The minimum absolute atomic E-state index is 0. The maximum atomic E-state index is 12.7.